The molecule has 0 aliphatic heterocycles. The molecule has 0 saturated carbocycles. The lowest BCUT2D eigenvalue weighted by Gasteiger charge is -2.27. The van der Waals surface area contributed by atoms with E-state index in [2.05, 4.69) is 12.2 Å². The minimum Gasteiger partial charge on any atom is -0.465 e. The van der Waals surface area contributed by atoms with E-state index in [0.717, 1.165) is 30.0 Å². The summed E-state index contributed by atoms with van der Waals surface area (Å²) in [6.45, 7) is 2.27. The van der Waals surface area contributed by atoms with Gasteiger partial charge in [-0.15, -0.1) is 0 Å². The van der Waals surface area contributed by atoms with Crippen molar-refractivity contribution in [2.24, 2.45) is 0 Å². The van der Waals surface area contributed by atoms with E-state index in [1.165, 1.54) is 77.0 Å². The number of nitrogens with one attached hydrogen (secondary N) is 1. The molecule has 0 spiro atoms. The number of ether oxygens (including phenoxy) is 1. The van der Waals surface area contributed by atoms with Crippen LogP contribution in [-0.2, 0) is 4.79 Å². The zero-order valence-corrected chi connectivity index (χ0v) is 25.2. The van der Waals surface area contributed by atoms with E-state index < -0.39 is 10.0 Å². The van der Waals surface area contributed by atoms with Gasteiger partial charge in [-0.25, -0.2) is 0 Å². The molecule has 7 heteroatoms. The zero-order chi connectivity index (χ0) is 26.9. The number of rotatable bonds is 19. The van der Waals surface area contributed by atoms with Crippen LogP contribution in [0.1, 0.15) is 110 Å². The summed E-state index contributed by atoms with van der Waals surface area (Å²) in [6.07, 6.45) is 18.5. The Kier molecular flexibility index (Phi) is 16.1. The summed E-state index contributed by atoms with van der Waals surface area (Å²) < 4.78 is 4.13. The van der Waals surface area contributed by atoms with Gasteiger partial charge in [0, 0.05) is 22.2 Å². The Morgan fingerprint density at radius 2 is 1.24 bits per heavy atom. The number of unbranched alkanes of at least 4 members (excludes halogenated alkanes) is 14. The van der Waals surface area contributed by atoms with Gasteiger partial charge in [-0.1, -0.05) is 167 Å². The van der Waals surface area contributed by atoms with Crippen LogP contribution in [0.3, 0.4) is 0 Å². The van der Waals surface area contributed by atoms with Crippen molar-refractivity contribution >= 4 is 63.1 Å². The molecule has 0 aromatic heterocycles. The van der Waals surface area contributed by atoms with Crippen molar-refractivity contribution in [3.63, 3.8) is 0 Å². The van der Waals surface area contributed by atoms with Gasteiger partial charge in [0.05, 0.1) is 0 Å². The first-order chi connectivity index (χ1) is 17.8. The SMILES string of the molecule is CCCCCCCCCCCCCCCCCC(=O)N[C@@H](Oc1ccc(Cl)c2ccccc12)C(Cl)(Cl)Cl. The molecule has 0 aliphatic rings. The lowest BCUT2D eigenvalue weighted by molar-refractivity contribution is -0.123. The topological polar surface area (TPSA) is 38.3 Å². The molecule has 0 radical (unpaired) electrons. The van der Waals surface area contributed by atoms with Crippen LogP contribution in [0.25, 0.3) is 10.8 Å². The molecule has 0 unspecified atom stereocenters. The van der Waals surface area contributed by atoms with Crippen LogP contribution in [0.4, 0.5) is 0 Å². The first kappa shape index (κ1) is 32.3. The van der Waals surface area contributed by atoms with Crippen molar-refractivity contribution in [1.29, 1.82) is 0 Å². The van der Waals surface area contributed by atoms with Gasteiger partial charge in [-0.3, -0.25) is 4.79 Å². The maximum Gasteiger partial charge on any atom is 0.246 e. The fraction of sp³-hybridized carbons (Fsp3) is 0.633. The largest absolute Gasteiger partial charge is 0.465 e. The Hall–Kier alpha value is -0.870. The number of hydrogen-bond donors (Lipinski definition) is 1. The highest BCUT2D eigenvalue weighted by molar-refractivity contribution is 6.68. The predicted molar refractivity (Wildman–Crippen MR) is 161 cm³/mol. The second kappa shape index (κ2) is 18.4. The van der Waals surface area contributed by atoms with E-state index >= 15 is 0 Å². The summed E-state index contributed by atoms with van der Waals surface area (Å²) in [5.74, 6) is 0.299. The number of amides is 1. The van der Waals surface area contributed by atoms with Gasteiger partial charge >= 0.3 is 0 Å². The molecule has 3 nitrogen and oxygen atoms in total. The average molecular weight is 591 g/mol. The Morgan fingerprint density at radius 1 is 0.757 bits per heavy atom. The summed E-state index contributed by atoms with van der Waals surface area (Å²) in [4.78, 5) is 12.6. The minimum atomic E-state index is -1.83. The molecule has 1 N–H and O–H groups in total. The second-order valence-electron chi connectivity index (χ2n) is 9.90. The van der Waals surface area contributed by atoms with Gasteiger partial charge in [0.2, 0.25) is 15.9 Å². The van der Waals surface area contributed by atoms with Crippen molar-refractivity contribution in [2.75, 3.05) is 0 Å². The van der Waals surface area contributed by atoms with E-state index in [1.807, 2.05) is 24.3 Å². The van der Waals surface area contributed by atoms with Crippen LogP contribution < -0.4 is 10.1 Å². The van der Waals surface area contributed by atoms with Crippen LogP contribution >= 0.6 is 46.4 Å². The first-order valence-corrected chi connectivity index (χ1v) is 15.5. The number of carbonyl (C=O) groups is 1. The third-order valence-corrected chi connectivity index (χ3v) is 7.60. The maximum absolute atomic E-state index is 12.6. The smallest absolute Gasteiger partial charge is 0.246 e. The number of fused-ring (bicyclic) bond motifs is 1. The molecule has 2 aromatic carbocycles. The predicted octanol–water partition coefficient (Wildman–Crippen LogP) is 10.9. The molecule has 208 valence electrons. The highest BCUT2D eigenvalue weighted by Crippen LogP contribution is 2.36. The van der Waals surface area contributed by atoms with Crippen LogP contribution in [0.15, 0.2) is 36.4 Å². The fourth-order valence-corrected chi connectivity index (χ4v) is 5.04. The Morgan fingerprint density at radius 3 is 1.76 bits per heavy atom. The van der Waals surface area contributed by atoms with Crippen LogP contribution in [0, 0.1) is 0 Å². The standard InChI is InChI=1S/C30H43Cl4NO2/c1-2-3-4-5-6-7-8-9-10-11-12-13-14-15-16-21-28(36)35-29(30(32,33)34)37-27-23-22-26(31)24-19-17-18-20-25(24)27/h17-20,22-23,29H,2-16,21H2,1H3,(H,35,36)/t29-/m0/s1. The summed E-state index contributed by atoms with van der Waals surface area (Å²) in [5.41, 5.74) is 0. The fourth-order valence-electron chi connectivity index (χ4n) is 4.52. The third-order valence-electron chi connectivity index (χ3n) is 6.67. The molecule has 1 amide bonds. The quantitative estimate of drug-likeness (QED) is 0.100. The number of halogens is 4. The van der Waals surface area contributed by atoms with Crippen molar-refractivity contribution in [3.05, 3.63) is 41.4 Å². The van der Waals surface area contributed by atoms with E-state index in [-0.39, 0.29) is 5.91 Å². The van der Waals surface area contributed by atoms with Gasteiger partial charge < -0.3 is 10.1 Å². The second-order valence-corrected chi connectivity index (χ2v) is 12.7. The van der Waals surface area contributed by atoms with Gasteiger partial charge in [0.25, 0.3) is 0 Å². The molecule has 0 aliphatic carbocycles. The summed E-state index contributed by atoms with van der Waals surface area (Å²) in [5, 5.41) is 4.96. The maximum atomic E-state index is 12.6. The first-order valence-electron chi connectivity index (χ1n) is 14.0. The number of carbonyl (C=O) groups excluding carboxylic acids is 1. The van der Waals surface area contributed by atoms with Crippen molar-refractivity contribution in [3.8, 4) is 5.75 Å². The van der Waals surface area contributed by atoms with Gasteiger partial charge in [-0.05, 0) is 18.6 Å². The molecule has 0 bridgehead atoms. The molecule has 2 aromatic rings. The summed E-state index contributed by atoms with van der Waals surface area (Å²) >= 11 is 24.7. The number of alkyl halides is 3. The summed E-state index contributed by atoms with van der Waals surface area (Å²) in [7, 11) is 0. The van der Waals surface area contributed by atoms with E-state index in [1.54, 1.807) is 12.1 Å². The Bertz CT molecular complexity index is 916. The molecule has 2 rings (SSSR count). The average Bonchev–Trinajstić information content (AvgIpc) is 2.87. The van der Waals surface area contributed by atoms with E-state index in [0.29, 0.717) is 17.2 Å². The normalized spacial score (nSPS) is 12.6. The van der Waals surface area contributed by atoms with Crippen molar-refractivity contribution in [1.82, 2.24) is 5.32 Å². The van der Waals surface area contributed by atoms with Gasteiger partial charge in [0.1, 0.15) is 5.75 Å². The van der Waals surface area contributed by atoms with Crippen LogP contribution in [0.5, 0.6) is 5.75 Å². The molecule has 0 heterocycles. The summed E-state index contributed by atoms with van der Waals surface area (Å²) in [6, 6.07) is 11.0. The molecular formula is C30H43Cl4NO2. The Labute approximate surface area is 243 Å². The van der Waals surface area contributed by atoms with Crippen LogP contribution in [0.2, 0.25) is 5.02 Å². The highest BCUT2D eigenvalue weighted by Gasteiger charge is 2.36. The zero-order valence-electron chi connectivity index (χ0n) is 22.2. The van der Waals surface area contributed by atoms with Crippen molar-refractivity contribution in [2.45, 2.75) is 120 Å². The molecule has 1 atom stereocenters. The Balaban J connectivity index is 1.60. The van der Waals surface area contributed by atoms with Gasteiger partial charge in [-0.2, -0.15) is 0 Å². The van der Waals surface area contributed by atoms with Crippen molar-refractivity contribution < 1.29 is 9.53 Å². The molecule has 0 saturated heterocycles. The lowest BCUT2D eigenvalue weighted by Crippen LogP contribution is -2.47. The van der Waals surface area contributed by atoms with Gasteiger partial charge in [0.15, 0.2) is 0 Å². The number of benzene rings is 2. The number of hydrogen-bond acceptors (Lipinski definition) is 2. The lowest BCUT2D eigenvalue weighted by atomic mass is 10.0. The minimum absolute atomic E-state index is 0.190. The highest BCUT2D eigenvalue weighted by atomic mass is 35.6. The third kappa shape index (κ3) is 13.2. The molecule has 0 fully saturated rings. The molecular weight excluding hydrogens is 548 g/mol. The van der Waals surface area contributed by atoms with E-state index in [4.69, 9.17) is 51.1 Å². The van der Waals surface area contributed by atoms with Crippen LogP contribution in [-0.4, -0.2) is 15.9 Å². The monoisotopic (exact) mass is 589 g/mol. The van der Waals surface area contributed by atoms with E-state index in [9.17, 15) is 4.79 Å². The molecule has 37 heavy (non-hydrogen) atoms.